The van der Waals surface area contributed by atoms with Crippen molar-refractivity contribution in [2.24, 2.45) is 0 Å². The lowest BCUT2D eigenvalue weighted by molar-refractivity contribution is -0.385. The molecule has 0 unspecified atom stereocenters. The van der Waals surface area contributed by atoms with E-state index in [4.69, 9.17) is 4.74 Å². The van der Waals surface area contributed by atoms with Crippen LogP contribution in [0, 0.1) is 22.9 Å². The van der Waals surface area contributed by atoms with Gasteiger partial charge in [-0.25, -0.2) is 9.18 Å². The number of nitro groups is 1. The molecule has 1 rings (SSSR count). The second kappa shape index (κ2) is 6.38. The zero-order valence-corrected chi connectivity index (χ0v) is 13.7. The average Bonchev–Trinajstić information content (AvgIpc) is 2.31. The number of amides is 1. The minimum atomic E-state index is -0.719. The molecule has 6 nitrogen and oxygen atoms in total. The average molecular weight is 363 g/mol. The molecule has 0 heterocycles. The first-order valence-corrected chi connectivity index (χ1v) is 6.91. The van der Waals surface area contributed by atoms with E-state index in [1.165, 1.54) is 6.92 Å². The Bertz CT molecular complexity index is 585. The normalized spacial score (nSPS) is 11.1. The lowest BCUT2D eigenvalue weighted by Gasteiger charge is -2.20. The van der Waals surface area contributed by atoms with E-state index < -0.39 is 22.4 Å². The third-order valence-electron chi connectivity index (χ3n) is 2.58. The number of halogens is 2. The van der Waals surface area contributed by atoms with Gasteiger partial charge in [-0.3, -0.25) is 10.1 Å². The van der Waals surface area contributed by atoms with E-state index in [2.05, 4.69) is 21.2 Å². The fourth-order valence-corrected chi connectivity index (χ4v) is 2.09. The van der Waals surface area contributed by atoms with Crippen LogP contribution in [0.15, 0.2) is 10.5 Å². The lowest BCUT2D eigenvalue weighted by Crippen LogP contribution is -2.32. The van der Waals surface area contributed by atoms with Crippen LogP contribution in [0.25, 0.3) is 0 Å². The van der Waals surface area contributed by atoms with Gasteiger partial charge in [0.15, 0.2) is 0 Å². The van der Waals surface area contributed by atoms with Gasteiger partial charge >= 0.3 is 6.09 Å². The Labute approximate surface area is 129 Å². The summed E-state index contributed by atoms with van der Waals surface area (Å²) < 4.78 is 19.0. The van der Waals surface area contributed by atoms with Crippen molar-refractivity contribution in [3.05, 3.63) is 37.6 Å². The Morgan fingerprint density at radius 3 is 2.57 bits per heavy atom. The molecule has 0 bridgehead atoms. The molecule has 0 aliphatic rings. The number of carbonyl (C=O) groups is 1. The smallest absolute Gasteiger partial charge is 0.407 e. The van der Waals surface area contributed by atoms with Gasteiger partial charge < -0.3 is 10.1 Å². The van der Waals surface area contributed by atoms with E-state index in [0.29, 0.717) is 0 Å². The number of alkyl carbamates (subject to hydrolysis) is 1. The first kappa shape index (κ1) is 17.4. The number of ether oxygens (including phenoxy) is 1. The van der Waals surface area contributed by atoms with Gasteiger partial charge in [-0.15, -0.1) is 0 Å². The van der Waals surface area contributed by atoms with Crippen LogP contribution in [0.2, 0.25) is 0 Å². The molecule has 8 heteroatoms. The van der Waals surface area contributed by atoms with Crippen LogP contribution in [0.4, 0.5) is 14.9 Å². The summed E-state index contributed by atoms with van der Waals surface area (Å²) in [7, 11) is 0. The molecule has 21 heavy (non-hydrogen) atoms. The van der Waals surface area contributed by atoms with Crippen LogP contribution in [0.3, 0.4) is 0 Å². The molecule has 0 saturated carbocycles. The Kier molecular flexibility index (Phi) is 5.27. The monoisotopic (exact) mass is 362 g/mol. The van der Waals surface area contributed by atoms with Gasteiger partial charge in [0.1, 0.15) is 11.4 Å². The highest BCUT2D eigenvalue weighted by Crippen LogP contribution is 2.30. The molecule has 0 fully saturated rings. The molecule has 1 N–H and O–H groups in total. The first-order valence-electron chi connectivity index (χ1n) is 6.11. The fourth-order valence-electron chi connectivity index (χ4n) is 1.63. The molecule has 0 aromatic heterocycles. The van der Waals surface area contributed by atoms with Gasteiger partial charge in [-0.2, -0.15) is 0 Å². The van der Waals surface area contributed by atoms with Gasteiger partial charge in [-0.1, -0.05) is 0 Å². The van der Waals surface area contributed by atoms with Crippen molar-refractivity contribution in [2.75, 3.05) is 0 Å². The Hall–Kier alpha value is -1.70. The molecular weight excluding hydrogens is 347 g/mol. The molecule has 0 radical (unpaired) electrons. The molecule has 0 atom stereocenters. The second-order valence-corrected chi connectivity index (χ2v) is 6.26. The third kappa shape index (κ3) is 4.66. The molecule has 1 aromatic rings. The van der Waals surface area contributed by atoms with Gasteiger partial charge in [0, 0.05) is 23.7 Å². The molecule has 1 amide bonds. The number of rotatable bonds is 3. The predicted octanol–water partition coefficient (Wildman–Crippen LogP) is 3.83. The molecule has 0 aliphatic heterocycles. The summed E-state index contributed by atoms with van der Waals surface area (Å²) in [5.74, 6) is -0.644. The van der Waals surface area contributed by atoms with E-state index in [-0.39, 0.29) is 27.8 Å². The van der Waals surface area contributed by atoms with Crippen molar-refractivity contribution in [2.45, 2.75) is 39.8 Å². The fraction of sp³-hybridized carbons (Fsp3) is 0.462. The zero-order valence-electron chi connectivity index (χ0n) is 12.1. The molecular formula is C13H16BrFN2O4. The van der Waals surface area contributed by atoms with E-state index >= 15 is 0 Å². The Balaban J connectivity index is 2.98. The second-order valence-electron chi connectivity index (χ2n) is 5.41. The van der Waals surface area contributed by atoms with E-state index in [9.17, 15) is 19.3 Å². The minimum absolute atomic E-state index is 0.0270. The highest BCUT2D eigenvalue weighted by molar-refractivity contribution is 9.10. The van der Waals surface area contributed by atoms with Crippen molar-refractivity contribution in [1.82, 2.24) is 5.32 Å². The summed E-state index contributed by atoms with van der Waals surface area (Å²) in [6.45, 7) is 6.32. The van der Waals surface area contributed by atoms with Crippen molar-refractivity contribution in [1.29, 1.82) is 0 Å². The number of benzene rings is 1. The summed E-state index contributed by atoms with van der Waals surface area (Å²) in [5, 5.41) is 13.3. The Morgan fingerprint density at radius 1 is 1.52 bits per heavy atom. The van der Waals surface area contributed by atoms with Crippen molar-refractivity contribution in [3.63, 3.8) is 0 Å². The zero-order chi connectivity index (χ0) is 16.4. The topological polar surface area (TPSA) is 81.5 Å². The number of nitrogens with one attached hydrogen (secondary N) is 1. The molecule has 0 aliphatic carbocycles. The van der Waals surface area contributed by atoms with Crippen molar-refractivity contribution < 1.29 is 18.8 Å². The van der Waals surface area contributed by atoms with Crippen LogP contribution in [0.1, 0.15) is 31.9 Å². The first-order chi connectivity index (χ1) is 9.53. The van der Waals surface area contributed by atoms with Crippen molar-refractivity contribution >= 4 is 27.7 Å². The molecule has 0 saturated heterocycles. The largest absolute Gasteiger partial charge is 0.444 e. The predicted molar refractivity (Wildman–Crippen MR) is 78.6 cm³/mol. The van der Waals surface area contributed by atoms with Crippen LogP contribution in [-0.4, -0.2) is 16.6 Å². The van der Waals surface area contributed by atoms with Crippen molar-refractivity contribution in [3.8, 4) is 0 Å². The standard InChI is InChI=1S/C13H16BrFN2O4/c1-7-8(6-16-12(18)21-13(2,3)4)11(15)9(14)5-10(7)17(19)20/h5H,6H2,1-4H3,(H,16,18). The Morgan fingerprint density at radius 2 is 2.10 bits per heavy atom. The van der Waals surface area contributed by atoms with Gasteiger partial charge in [0.25, 0.3) is 5.69 Å². The van der Waals surface area contributed by atoms with Crippen LogP contribution < -0.4 is 5.32 Å². The summed E-state index contributed by atoms with van der Waals surface area (Å²) in [4.78, 5) is 21.9. The number of nitrogens with zero attached hydrogens (tertiary/aromatic N) is 1. The third-order valence-corrected chi connectivity index (χ3v) is 3.16. The maximum absolute atomic E-state index is 14.0. The minimum Gasteiger partial charge on any atom is -0.444 e. The lowest BCUT2D eigenvalue weighted by atomic mass is 10.1. The van der Waals surface area contributed by atoms with E-state index in [1.807, 2.05) is 0 Å². The highest BCUT2D eigenvalue weighted by atomic mass is 79.9. The quantitative estimate of drug-likeness (QED) is 0.654. The van der Waals surface area contributed by atoms with Crippen LogP contribution in [-0.2, 0) is 11.3 Å². The van der Waals surface area contributed by atoms with Gasteiger partial charge in [0.05, 0.1) is 9.40 Å². The van der Waals surface area contributed by atoms with E-state index in [0.717, 1.165) is 6.07 Å². The highest BCUT2D eigenvalue weighted by Gasteiger charge is 2.22. The summed E-state index contributed by atoms with van der Waals surface area (Å²) in [6, 6.07) is 1.10. The molecule has 1 aromatic carbocycles. The van der Waals surface area contributed by atoms with Crippen LogP contribution in [0.5, 0.6) is 0 Å². The van der Waals surface area contributed by atoms with Gasteiger partial charge in [0.2, 0.25) is 0 Å². The number of nitro benzene ring substituents is 1. The van der Waals surface area contributed by atoms with Crippen LogP contribution >= 0.6 is 15.9 Å². The summed E-state index contributed by atoms with van der Waals surface area (Å²) in [5.41, 5.74) is -0.691. The maximum atomic E-state index is 14.0. The summed E-state index contributed by atoms with van der Waals surface area (Å²) in [6.07, 6.45) is -0.719. The number of hydrogen-bond acceptors (Lipinski definition) is 4. The van der Waals surface area contributed by atoms with Gasteiger partial charge in [-0.05, 0) is 43.6 Å². The maximum Gasteiger partial charge on any atom is 0.407 e. The van der Waals surface area contributed by atoms with E-state index in [1.54, 1.807) is 20.8 Å². The molecule has 116 valence electrons. The SMILES string of the molecule is Cc1c([N+](=O)[O-])cc(Br)c(F)c1CNC(=O)OC(C)(C)C. The number of carbonyl (C=O) groups excluding carboxylic acids is 1. The summed E-state index contributed by atoms with van der Waals surface area (Å²) >= 11 is 2.93. The molecule has 0 spiro atoms. The number of hydrogen-bond donors (Lipinski definition) is 1.